The molecule has 2 aromatic carbocycles. The number of rotatable bonds is 5. The first-order valence-electron chi connectivity index (χ1n) is 6.41. The van der Waals surface area contributed by atoms with Gasteiger partial charge in [-0.2, -0.15) is 0 Å². The molecule has 0 heterocycles. The second-order valence-corrected chi connectivity index (χ2v) is 6.04. The summed E-state index contributed by atoms with van der Waals surface area (Å²) in [7, 11) is -1.06. The van der Waals surface area contributed by atoms with E-state index in [0.29, 0.717) is 11.4 Å². The molecular formula is C15H14N2O4S. The van der Waals surface area contributed by atoms with E-state index in [1.807, 2.05) is 0 Å². The van der Waals surface area contributed by atoms with Crippen molar-refractivity contribution in [2.75, 3.05) is 11.6 Å². The molecule has 1 N–H and O–H groups in total. The number of nitrogens with one attached hydrogen (secondary N) is 1. The third kappa shape index (κ3) is 3.76. The van der Waals surface area contributed by atoms with Gasteiger partial charge in [0, 0.05) is 28.8 Å². The van der Waals surface area contributed by atoms with Crippen LogP contribution in [0.1, 0.15) is 15.9 Å². The second-order valence-electron chi connectivity index (χ2n) is 4.60. The largest absolute Gasteiger partial charge is 0.321 e. The van der Waals surface area contributed by atoms with Crippen LogP contribution in [-0.4, -0.2) is 21.3 Å². The van der Waals surface area contributed by atoms with E-state index in [2.05, 4.69) is 5.32 Å². The zero-order chi connectivity index (χ0) is 16.1. The van der Waals surface area contributed by atoms with Crippen LogP contribution in [0.4, 0.5) is 11.4 Å². The molecule has 0 bridgehead atoms. The lowest BCUT2D eigenvalue weighted by Crippen LogP contribution is -2.15. The molecule has 0 aliphatic heterocycles. The molecule has 0 spiro atoms. The molecule has 0 radical (unpaired) electrons. The highest BCUT2D eigenvalue weighted by Crippen LogP contribution is 2.21. The van der Waals surface area contributed by atoms with E-state index < -0.39 is 21.6 Å². The van der Waals surface area contributed by atoms with Gasteiger partial charge in [0.2, 0.25) is 0 Å². The normalized spacial score (nSPS) is 11.7. The Labute approximate surface area is 129 Å². The fraction of sp³-hybridized carbons (Fsp3) is 0.133. The number of nitro benzene ring substituents is 1. The van der Waals surface area contributed by atoms with Crippen molar-refractivity contribution in [1.29, 1.82) is 0 Å². The fourth-order valence-electron chi connectivity index (χ4n) is 2.00. The summed E-state index contributed by atoms with van der Waals surface area (Å²) in [6.07, 6.45) is 1.57. The molecule has 1 atom stereocenters. The molecule has 1 amide bonds. The first-order valence-corrected chi connectivity index (χ1v) is 8.14. The van der Waals surface area contributed by atoms with Crippen LogP contribution in [0, 0.1) is 10.1 Å². The lowest BCUT2D eigenvalue weighted by atomic mass is 10.1. The molecular weight excluding hydrogens is 304 g/mol. The minimum Gasteiger partial charge on any atom is -0.321 e. The minimum atomic E-state index is -1.06. The zero-order valence-corrected chi connectivity index (χ0v) is 12.6. The van der Waals surface area contributed by atoms with E-state index in [-0.39, 0.29) is 11.3 Å². The molecule has 0 saturated carbocycles. The van der Waals surface area contributed by atoms with Gasteiger partial charge in [-0.25, -0.2) is 0 Å². The van der Waals surface area contributed by atoms with Gasteiger partial charge < -0.3 is 5.32 Å². The molecule has 2 aromatic rings. The predicted octanol–water partition coefficient (Wildman–Crippen LogP) is 2.73. The second kappa shape index (κ2) is 6.95. The number of anilines is 1. The number of amides is 1. The summed E-state index contributed by atoms with van der Waals surface area (Å²) >= 11 is 0. The maximum atomic E-state index is 12.3. The molecule has 0 aliphatic carbocycles. The number of carbonyl (C=O) groups is 1. The van der Waals surface area contributed by atoms with Gasteiger partial charge in [0.1, 0.15) is 5.56 Å². The summed E-state index contributed by atoms with van der Waals surface area (Å²) < 4.78 is 11.4. The summed E-state index contributed by atoms with van der Waals surface area (Å²) in [6, 6.07) is 12.7. The van der Waals surface area contributed by atoms with E-state index in [0.717, 1.165) is 5.56 Å². The van der Waals surface area contributed by atoms with E-state index in [1.165, 1.54) is 18.2 Å². The van der Waals surface area contributed by atoms with Crippen LogP contribution in [0.5, 0.6) is 0 Å². The average molecular weight is 318 g/mol. The molecule has 22 heavy (non-hydrogen) atoms. The van der Waals surface area contributed by atoms with Crippen molar-refractivity contribution >= 4 is 28.1 Å². The maximum Gasteiger partial charge on any atom is 0.282 e. The number of nitrogens with zero attached hydrogens (tertiary/aromatic N) is 1. The third-order valence-electron chi connectivity index (χ3n) is 2.97. The van der Waals surface area contributed by atoms with Gasteiger partial charge in [0.25, 0.3) is 11.6 Å². The Morgan fingerprint density at radius 2 is 1.82 bits per heavy atom. The first kappa shape index (κ1) is 15.8. The highest BCUT2D eigenvalue weighted by Gasteiger charge is 2.19. The van der Waals surface area contributed by atoms with Crippen molar-refractivity contribution in [3.05, 3.63) is 69.8 Å². The van der Waals surface area contributed by atoms with E-state index in [9.17, 15) is 19.1 Å². The van der Waals surface area contributed by atoms with Gasteiger partial charge in [0.05, 0.1) is 10.7 Å². The van der Waals surface area contributed by atoms with Gasteiger partial charge in [-0.1, -0.05) is 30.3 Å². The van der Waals surface area contributed by atoms with Crippen molar-refractivity contribution < 1.29 is 13.9 Å². The number of carbonyl (C=O) groups excluding carboxylic acids is 1. The van der Waals surface area contributed by atoms with Crippen LogP contribution in [0.2, 0.25) is 0 Å². The fourth-order valence-corrected chi connectivity index (χ4v) is 2.69. The molecule has 114 valence electrons. The smallest absolute Gasteiger partial charge is 0.282 e. The van der Waals surface area contributed by atoms with Gasteiger partial charge in [-0.05, 0) is 17.7 Å². The SMILES string of the molecule is CS(=O)Cc1ccccc1NC(=O)c1ccccc1[N+](=O)[O-]. The average Bonchev–Trinajstić information content (AvgIpc) is 2.48. The molecule has 0 aliphatic rings. The van der Waals surface area contributed by atoms with Crippen LogP contribution >= 0.6 is 0 Å². The van der Waals surface area contributed by atoms with Gasteiger partial charge in [-0.3, -0.25) is 19.1 Å². The monoisotopic (exact) mass is 318 g/mol. The Kier molecular flexibility index (Phi) is 5.00. The lowest BCUT2D eigenvalue weighted by Gasteiger charge is -2.10. The first-order chi connectivity index (χ1) is 10.5. The van der Waals surface area contributed by atoms with Crippen molar-refractivity contribution in [3.8, 4) is 0 Å². The minimum absolute atomic E-state index is 0.0140. The molecule has 2 rings (SSSR count). The van der Waals surface area contributed by atoms with E-state index in [4.69, 9.17) is 0 Å². The Morgan fingerprint density at radius 3 is 2.50 bits per heavy atom. The van der Waals surface area contributed by atoms with Crippen LogP contribution in [0.25, 0.3) is 0 Å². The Hall–Kier alpha value is -2.54. The summed E-state index contributed by atoms with van der Waals surface area (Å²) in [4.78, 5) is 22.7. The molecule has 0 saturated heterocycles. The molecule has 0 fully saturated rings. The van der Waals surface area contributed by atoms with Crippen LogP contribution in [0.3, 0.4) is 0 Å². The van der Waals surface area contributed by atoms with E-state index >= 15 is 0 Å². The lowest BCUT2D eigenvalue weighted by molar-refractivity contribution is -0.385. The van der Waals surface area contributed by atoms with Crippen LogP contribution < -0.4 is 5.32 Å². The Bertz CT molecular complexity index is 746. The maximum absolute atomic E-state index is 12.3. The zero-order valence-electron chi connectivity index (χ0n) is 11.8. The quantitative estimate of drug-likeness (QED) is 0.678. The summed E-state index contributed by atoms with van der Waals surface area (Å²) in [5, 5.41) is 13.6. The van der Waals surface area contributed by atoms with Crippen molar-refractivity contribution in [1.82, 2.24) is 0 Å². The topological polar surface area (TPSA) is 89.3 Å². The van der Waals surface area contributed by atoms with E-state index in [1.54, 1.807) is 36.6 Å². The molecule has 0 aromatic heterocycles. The number of nitro groups is 1. The number of hydrogen-bond acceptors (Lipinski definition) is 4. The van der Waals surface area contributed by atoms with Gasteiger partial charge in [-0.15, -0.1) is 0 Å². The van der Waals surface area contributed by atoms with Gasteiger partial charge in [0.15, 0.2) is 0 Å². The summed E-state index contributed by atoms with van der Waals surface area (Å²) in [5.41, 5.74) is 0.951. The van der Waals surface area contributed by atoms with Crippen molar-refractivity contribution in [2.24, 2.45) is 0 Å². The summed E-state index contributed by atoms with van der Waals surface area (Å²) in [6.45, 7) is 0. The Morgan fingerprint density at radius 1 is 1.18 bits per heavy atom. The highest BCUT2D eigenvalue weighted by molar-refractivity contribution is 7.83. The van der Waals surface area contributed by atoms with Crippen molar-refractivity contribution in [3.63, 3.8) is 0 Å². The number of hydrogen-bond donors (Lipinski definition) is 1. The predicted molar refractivity (Wildman–Crippen MR) is 85.3 cm³/mol. The summed E-state index contributed by atoms with van der Waals surface area (Å²) in [5.74, 6) is -0.269. The molecule has 6 nitrogen and oxygen atoms in total. The van der Waals surface area contributed by atoms with Crippen LogP contribution in [0.15, 0.2) is 48.5 Å². The van der Waals surface area contributed by atoms with Gasteiger partial charge >= 0.3 is 0 Å². The van der Waals surface area contributed by atoms with Crippen LogP contribution in [-0.2, 0) is 16.6 Å². The van der Waals surface area contributed by atoms with Crippen molar-refractivity contribution in [2.45, 2.75) is 5.75 Å². The molecule has 1 unspecified atom stereocenters. The highest BCUT2D eigenvalue weighted by atomic mass is 32.2. The standard InChI is InChI=1S/C15H14N2O4S/c1-22(21)10-11-6-2-4-8-13(11)16-15(18)12-7-3-5-9-14(12)17(19)20/h2-9H,10H2,1H3,(H,16,18). The Balaban J connectivity index is 2.30. The molecule has 7 heteroatoms. The number of para-hydroxylation sites is 2. The number of benzene rings is 2. The third-order valence-corrected chi connectivity index (χ3v) is 3.69.